The first-order valence-electron chi connectivity index (χ1n) is 7.00. The van der Waals surface area contributed by atoms with E-state index in [2.05, 4.69) is 37.6 Å². The zero-order valence-electron chi connectivity index (χ0n) is 12.3. The van der Waals surface area contributed by atoms with E-state index in [9.17, 15) is 0 Å². The maximum atomic E-state index is 5.23. The second-order valence-electron chi connectivity index (χ2n) is 5.66. The lowest BCUT2D eigenvalue weighted by molar-refractivity contribution is 0.0669. The lowest BCUT2D eigenvalue weighted by Gasteiger charge is -2.39. The van der Waals surface area contributed by atoms with Crippen LogP contribution in [0.15, 0.2) is 0 Å². The average molecular weight is 242 g/mol. The summed E-state index contributed by atoms with van der Waals surface area (Å²) in [6, 6.07) is 0.518. The lowest BCUT2D eigenvalue weighted by Crippen LogP contribution is -2.46. The van der Waals surface area contributed by atoms with Gasteiger partial charge in [0.25, 0.3) is 0 Å². The Morgan fingerprint density at radius 2 is 2.18 bits per heavy atom. The predicted molar refractivity (Wildman–Crippen MR) is 73.4 cm³/mol. The van der Waals surface area contributed by atoms with Crippen molar-refractivity contribution in [1.82, 2.24) is 9.80 Å². The van der Waals surface area contributed by atoms with Gasteiger partial charge in [-0.15, -0.1) is 0 Å². The third-order valence-electron chi connectivity index (χ3n) is 4.33. The van der Waals surface area contributed by atoms with Crippen LogP contribution in [-0.4, -0.2) is 62.8 Å². The van der Waals surface area contributed by atoms with Crippen molar-refractivity contribution in [2.24, 2.45) is 11.8 Å². The van der Waals surface area contributed by atoms with Crippen molar-refractivity contribution < 1.29 is 4.74 Å². The molecule has 0 aromatic carbocycles. The quantitative estimate of drug-likeness (QED) is 0.708. The zero-order valence-corrected chi connectivity index (χ0v) is 12.3. The summed E-state index contributed by atoms with van der Waals surface area (Å²) >= 11 is 0. The molecule has 1 rings (SSSR count). The van der Waals surface area contributed by atoms with Crippen LogP contribution in [0.5, 0.6) is 0 Å². The Morgan fingerprint density at radius 1 is 1.47 bits per heavy atom. The fraction of sp³-hybridized carbons (Fsp3) is 1.00. The number of piperidine rings is 1. The molecular formula is C14H30N2O. The van der Waals surface area contributed by atoms with Crippen LogP contribution in [-0.2, 0) is 4.74 Å². The normalized spacial score (nSPS) is 28.6. The summed E-state index contributed by atoms with van der Waals surface area (Å²) in [6.07, 6.45) is 1.35. The molecule has 3 nitrogen and oxygen atoms in total. The Morgan fingerprint density at radius 3 is 2.76 bits per heavy atom. The summed E-state index contributed by atoms with van der Waals surface area (Å²) in [7, 11) is 4.01. The van der Waals surface area contributed by atoms with Crippen LogP contribution < -0.4 is 0 Å². The Bertz CT molecular complexity index is 210. The van der Waals surface area contributed by atoms with E-state index in [1.807, 2.05) is 0 Å². The maximum absolute atomic E-state index is 5.23. The van der Waals surface area contributed by atoms with E-state index in [0.717, 1.165) is 18.4 Å². The van der Waals surface area contributed by atoms with Gasteiger partial charge < -0.3 is 14.5 Å². The number of nitrogens with zero attached hydrogens (tertiary/aromatic N) is 2. The highest BCUT2D eigenvalue weighted by atomic mass is 16.5. The molecule has 3 heteroatoms. The van der Waals surface area contributed by atoms with Gasteiger partial charge in [0.1, 0.15) is 0 Å². The van der Waals surface area contributed by atoms with Crippen molar-refractivity contribution in [1.29, 1.82) is 0 Å². The highest BCUT2D eigenvalue weighted by Gasteiger charge is 2.27. The Kier molecular flexibility index (Phi) is 6.45. The molecule has 0 N–H and O–H groups in total. The first-order chi connectivity index (χ1) is 8.08. The molecule has 1 aliphatic rings. The lowest BCUT2D eigenvalue weighted by atomic mass is 9.86. The fourth-order valence-corrected chi connectivity index (χ4v) is 2.67. The van der Waals surface area contributed by atoms with Crippen molar-refractivity contribution >= 4 is 0 Å². The van der Waals surface area contributed by atoms with Crippen LogP contribution in [0, 0.1) is 11.8 Å². The smallest absolute Gasteiger partial charge is 0.0615 e. The number of likely N-dealkylation sites (N-methyl/N-ethyl adjacent to an activating group) is 1. The fourth-order valence-electron chi connectivity index (χ4n) is 2.67. The van der Waals surface area contributed by atoms with Crippen LogP contribution >= 0.6 is 0 Å². The van der Waals surface area contributed by atoms with E-state index in [1.54, 1.807) is 7.11 Å². The standard InChI is InChI=1S/C14H30N2O/c1-6-16-8-7-12(2)14(10-16)9-15(4)13(3)11-17-5/h12-14H,6-11H2,1-5H3. The SMILES string of the molecule is CCN1CCC(C)C(CN(C)C(C)COC)C1. The van der Waals surface area contributed by atoms with Crippen LogP contribution in [0.4, 0.5) is 0 Å². The molecule has 1 aliphatic heterocycles. The number of likely N-dealkylation sites (tertiary alicyclic amines) is 1. The second kappa shape index (κ2) is 7.34. The minimum Gasteiger partial charge on any atom is -0.383 e. The number of hydrogen-bond acceptors (Lipinski definition) is 3. The van der Waals surface area contributed by atoms with Gasteiger partial charge in [0.15, 0.2) is 0 Å². The van der Waals surface area contributed by atoms with Crippen LogP contribution in [0.3, 0.4) is 0 Å². The molecule has 1 heterocycles. The van der Waals surface area contributed by atoms with E-state index < -0.39 is 0 Å². The van der Waals surface area contributed by atoms with Crippen molar-refractivity contribution in [3.63, 3.8) is 0 Å². The Hall–Kier alpha value is -0.120. The van der Waals surface area contributed by atoms with Crippen molar-refractivity contribution in [2.75, 3.05) is 46.9 Å². The maximum Gasteiger partial charge on any atom is 0.0615 e. The topological polar surface area (TPSA) is 15.7 Å². The molecule has 0 saturated carbocycles. The van der Waals surface area contributed by atoms with E-state index in [1.165, 1.54) is 32.6 Å². The summed E-state index contributed by atoms with van der Waals surface area (Å²) in [5.74, 6) is 1.67. The highest BCUT2D eigenvalue weighted by Crippen LogP contribution is 2.24. The molecule has 0 radical (unpaired) electrons. The first kappa shape index (κ1) is 14.9. The summed E-state index contributed by atoms with van der Waals surface area (Å²) in [4.78, 5) is 5.03. The van der Waals surface area contributed by atoms with E-state index in [4.69, 9.17) is 4.74 Å². The van der Waals surface area contributed by atoms with Gasteiger partial charge in [0.05, 0.1) is 6.61 Å². The van der Waals surface area contributed by atoms with E-state index in [-0.39, 0.29) is 0 Å². The minimum absolute atomic E-state index is 0.518. The van der Waals surface area contributed by atoms with Gasteiger partial charge in [0.2, 0.25) is 0 Å². The molecule has 0 amide bonds. The van der Waals surface area contributed by atoms with E-state index in [0.29, 0.717) is 6.04 Å². The molecule has 0 aromatic heterocycles. The van der Waals surface area contributed by atoms with Crippen LogP contribution in [0.25, 0.3) is 0 Å². The van der Waals surface area contributed by atoms with Crippen molar-refractivity contribution in [2.45, 2.75) is 33.2 Å². The van der Waals surface area contributed by atoms with Gasteiger partial charge in [-0.25, -0.2) is 0 Å². The summed E-state index contributed by atoms with van der Waals surface area (Å²) in [5.41, 5.74) is 0. The summed E-state index contributed by atoms with van der Waals surface area (Å²) < 4.78 is 5.23. The molecule has 0 bridgehead atoms. The third-order valence-corrected chi connectivity index (χ3v) is 4.33. The Labute approximate surface area is 107 Å². The second-order valence-corrected chi connectivity index (χ2v) is 5.66. The summed E-state index contributed by atoms with van der Waals surface area (Å²) in [5, 5.41) is 0. The molecule has 0 spiro atoms. The number of hydrogen-bond donors (Lipinski definition) is 0. The predicted octanol–water partition coefficient (Wildman–Crippen LogP) is 1.93. The first-order valence-corrected chi connectivity index (χ1v) is 7.00. The largest absolute Gasteiger partial charge is 0.383 e. The molecule has 0 aliphatic carbocycles. The monoisotopic (exact) mass is 242 g/mol. The molecule has 17 heavy (non-hydrogen) atoms. The molecule has 0 aromatic rings. The Balaban J connectivity index is 2.42. The van der Waals surface area contributed by atoms with Crippen LogP contribution in [0.1, 0.15) is 27.2 Å². The van der Waals surface area contributed by atoms with Crippen LogP contribution in [0.2, 0.25) is 0 Å². The van der Waals surface area contributed by atoms with Gasteiger partial charge in [0, 0.05) is 26.2 Å². The van der Waals surface area contributed by atoms with Gasteiger partial charge in [-0.05, 0) is 45.3 Å². The molecule has 102 valence electrons. The molecule has 3 atom stereocenters. The van der Waals surface area contributed by atoms with Gasteiger partial charge in [-0.2, -0.15) is 0 Å². The molecular weight excluding hydrogens is 212 g/mol. The molecule has 3 unspecified atom stereocenters. The van der Waals surface area contributed by atoms with E-state index >= 15 is 0 Å². The van der Waals surface area contributed by atoms with Gasteiger partial charge >= 0.3 is 0 Å². The van der Waals surface area contributed by atoms with Gasteiger partial charge in [-0.3, -0.25) is 0 Å². The molecule has 1 fully saturated rings. The van der Waals surface area contributed by atoms with Gasteiger partial charge in [-0.1, -0.05) is 13.8 Å². The highest BCUT2D eigenvalue weighted by molar-refractivity contribution is 4.80. The average Bonchev–Trinajstić information content (AvgIpc) is 2.32. The minimum atomic E-state index is 0.518. The zero-order chi connectivity index (χ0) is 12.8. The third kappa shape index (κ3) is 4.57. The number of rotatable bonds is 6. The van der Waals surface area contributed by atoms with Crippen molar-refractivity contribution in [3.8, 4) is 0 Å². The number of methoxy groups -OCH3 is 1. The summed E-state index contributed by atoms with van der Waals surface area (Å²) in [6.45, 7) is 12.7. The molecule has 1 saturated heterocycles. The van der Waals surface area contributed by atoms with Crippen molar-refractivity contribution in [3.05, 3.63) is 0 Å². The number of ether oxygens (including phenoxy) is 1.